The Hall–Kier alpha value is -0.980. The van der Waals surface area contributed by atoms with Crippen molar-refractivity contribution in [1.29, 1.82) is 5.26 Å². The van der Waals surface area contributed by atoms with Gasteiger partial charge in [0, 0.05) is 10.6 Å². The maximum absolute atomic E-state index is 8.96. The van der Waals surface area contributed by atoms with Crippen molar-refractivity contribution in [3.8, 4) is 6.07 Å². The number of hydrogen-bond acceptors (Lipinski definition) is 3. The lowest BCUT2D eigenvalue weighted by Gasteiger charge is -2.19. The molecule has 1 aromatic rings. The minimum atomic E-state index is -0.401. The normalized spacial score (nSPS) is 14.2. The Morgan fingerprint density at radius 3 is 2.60 bits per heavy atom. The third-order valence-electron chi connectivity index (χ3n) is 2.41. The Morgan fingerprint density at radius 2 is 2.07 bits per heavy atom. The van der Waals surface area contributed by atoms with E-state index in [1.54, 1.807) is 11.8 Å². The topological polar surface area (TPSA) is 35.8 Å². The molecule has 80 valence electrons. The molecular formula is C12H16N2S. The van der Waals surface area contributed by atoms with Crippen molar-refractivity contribution in [2.45, 2.75) is 23.8 Å². The second kappa shape index (κ2) is 5.79. The molecular weight excluding hydrogens is 204 g/mol. The summed E-state index contributed by atoms with van der Waals surface area (Å²) in [5, 5.41) is 12.0. The lowest BCUT2D eigenvalue weighted by atomic mass is 10.0. The summed E-state index contributed by atoms with van der Waals surface area (Å²) < 4.78 is 0. The van der Waals surface area contributed by atoms with E-state index in [2.05, 4.69) is 23.5 Å². The van der Waals surface area contributed by atoms with Crippen LogP contribution in [0.4, 0.5) is 0 Å². The van der Waals surface area contributed by atoms with Crippen LogP contribution < -0.4 is 5.32 Å². The van der Waals surface area contributed by atoms with Crippen LogP contribution in [0.25, 0.3) is 0 Å². The number of thioether (sulfide) groups is 1. The lowest BCUT2D eigenvalue weighted by Crippen LogP contribution is -2.38. The first-order valence-electron chi connectivity index (χ1n) is 4.98. The fourth-order valence-electron chi connectivity index (χ4n) is 1.13. The molecule has 0 heterocycles. The van der Waals surface area contributed by atoms with Gasteiger partial charge in [0.15, 0.2) is 0 Å². The van der Waals surface area contributed by atoms with Crippen molar-refractivity contribution >= 4 is 11.8 Å². The monoisotopic (exact) mass is 220 g/mol. The molecule has 0 radical (unpaired) electrons. The number of benzene rings is 1. The largest absolute Gasteiger partial charge is 0.303 e. The molecule has 0 amide bonds. The maximum atomic E-state index is 8.96. The quantitative estimate of drug-likeness (QED) is 0.775. The molecule has 0 aliphatic carbocycles. The van der Waals surface area contributed by atoms with E-state index in [0.29, 0.717) is 0 Å². The molecule has 0 spiro atoms. The van der Waals surface area contributed by atoms with Crippen LogP contribution in [0.15, 0.2) is 35.2 Å². The molecule has 0 saturated carbocycles. The predicted molar refractivity (Wildman–Crippen MR) is 64.9 cm³/mol. The van der Waals surface area contributed by atoms with Gasteiger partial charge < -0.3 is 5.32 Å². The average molecular weight is 220 g/mol. The third kappa shape index (κ3) is 3.94. The zero-order valence-corrected chi connectivity index (χ0v) is 9.97. The van der Waals surface area contributed by atoms with Crippen molar-refractivity contribution in [2.75, 3.05) is 12.8 Å². The highest BCUT2D eigenvalue weighted by Crippen LogP contribution is 2.20. The number of nitriles is 1. The third-order valence-corrected chi connectivity index (χ3v) is 3.43. The molecule has 0 bridgehead atoms. The number of nitrogens with zero attached hydrogens (tertiary/aromatic N) is 1. The zero-order chi connectivity index (χ0) is 11.1. The van der Waals surface area contributed by atoms with Gasteiger partial charge in [-0.2, -0.15) is 5.26 Å². The Labute approximate surface area is 95.7 Å². The van der Waals surface area contributed by atoms with E-state index in [1.807, 2.05) is 32.2 Å². The summed E-state index contributed by atoms with van der Waals surface area (Å²) in [6, 6.07) is 12.5. The number of nitrogens with one attached hydrogen (secondary N) is 1. The highest BCUT2D eigenvalue weighted by Gasteiger charge is 2.20. The van der Waals surface area contributed by atoms with E-state index in [4.69, 9.17) is 5.26 Å². The summed E-state index contributed by atoms with van der Waals surface area (Å²) in [7, 11) is 1.83. The maximum Gasteiger partial charge on any atom is 0.104 e. The average Bonchev–Trinajstić information content (AvgIpc) is 2.30. The standard InChI is InChI=1S/C12H16N2S/c1-12(10-13,14-2)8-9-15-11-6-4-3-5-7-11/h3-7,14H,8-9H2,1-2H3. The molecule has 1 atom stereocenters. The van der Waals surface area contributed by atoms with Crippen LogP contribution in [-0.2, 0) is 0 Å². The van der Waals surface area contributed by atoms with Crippen molar-refractivity contribution in [3.63, 3.8) is 0 Å². The Morgan fingerprint density at radius 1 is 1.40 bits per heavy atom. The Bertz CT molecular complexity index is 331. The van der Waals surface area contributed by atoms with Gasteiger partial charge in [-0.05, 0) is 32.5 Å². The molecule has 3 heteroatoms. The van der Waals surface area contributed by atoms with Crippen molar-refractivity contribution in [1.82, 2.24) is 5.32 Å². The molecule has 0 saturated heterocycles. The molecule has 1 rings (SSSR count). The minimum Gasteiger partial charge on any atom is -0.303 e. The smallest absolute Gasteiger partial charge is 0.104 e. The van der Waals surface area contributed by atoms with Crippen LogP contribution in [-0.4, -0.2) is 18.3 Å². The second-order valence-electron chi connectivity index (χ2n) is 3.61. The van der Waals surface area contributed by atoms with E-state index in [9.17, 15) is 0 Å². The van der Waals surface area contributed by atoms with Crippen LogP contribution >= 0.6 is 11.8 Å². The van der Waals surface area contributed by atoms with Gasteiger partial charge in [-0.25, -0.2) is 0 Å². The van der Waals surface area contributed by atoms with Gasteiger partial charge in [0.2, 0.25) is 0 Å². The number of hydrogen-bond donors (Lipinski definition) is 1. The van der Waals surface area contributed by atoms with E-state index >= 15 is 0 Å². The summed E-state index contributed by atoms with van der Waals surface area (Å²) in [4.78, 5) is 1.26. The summed E-state index contributed by atoms with van der Waals surface area (Å²) in [5.41, 5.74) is -0.401. The van der Waals surface area contributed by atoms with Crippen molar-refractivity contribution in [3.05, 3.63) is 30.3 Å². The van der Waals surface area contributed by atoms with Gasteiger partial charge in [-0.3, -0.25) is 0 Å². The molecule has 1 aromatic carbocycles. The van der Waals surface area contributed by atoms with Gasteiger partial charge in [0.25, 0.3) is 0 Å². The zero-order valence-electron chi connectivity index (χ0n) is 9.16. The Balaban J connectivity index is 2.37. The highest BCUT2D eigenvalue weighted by atomic mass is 32.2. The van der Waals surface area contributed by atoms with Gasteiger partial charge >= 0.3 is 0 Å². The van der Waals surface area contributed by atoms with Crippen LogP contribution in [0.3, 0.4) is 0 Å². The Kier molecular flexibility index (Phi) is 4.67. The van der Waals surface area contributed by atoms with Crippen LogP contribution in [0, 0.1) is 11.3 Å². The molecule has 2 nitrogen and oxygen atoms in total. The SMILES string of the molecule is CNC(C)(C#N)CCSc1ccccc1. The summed E-state index contributed by atoms with van der Waals surface area (Å²) in [6.45, 7) is 1.93. The van der Waals surface area contributed by atoms with Gasteiger partial charge in [-0.15, -0.1) is 11.8 Å². The number of rotatable bonds is 5. The minimum absolute atomic E-state index is 0.401. The van der Waals surface area contributed by atoms with Crippen molar-refractivity contribution in [2.24, 2.45) is 0 Å². The van der Waals surface area contributed by atoms with Crippen molar-refractivity contribution < 1.29 is 0 Å². The van der Waals surface area contributed by atoms with Gasteiger partial charge in [0.05, 0.1) is 6.07 Å². The van der Waals surface area contributed by atoms with E-state index in [-0.39, 0.29) is 0 Å². The molecule has 0 fully saturated rings. The summed E-state index contributed by atoms with van der Waals surface area (Å²) >= 11 is 1.79. The fraction of sp³-hybridized carbons (Fsp3) is 0.417. The summed E-state index contributed by atoms with van der Waals surface area (Å²) in [5.74, 6) is 0.953. The molecule has 0 aliphatic rings. The molecule has 0 aliphatic heterocycles. The van der Waals surface area contributed by atoms with Gasteiger partial charge in [0.1, 0.15) is 5.54 Å². The van der Waals surface area contributed by atoms with Crippen LogP contribution in [0.5, 0.6) is 0 Å². The summed E-state index contributed by atoms with van der Waals surface area (Å²) in [6.07, 6.45) is 0.847. The predicted octanol–water partition coefficient (Wildman–Crippen LogP) is 2.67. The lowest BCUT2D eigenvalue weighted by molar-refractivity contribution is 0.480. The van der Waals surface area contributed by atoms with E-state index < -0.39 is 5.54 Å². The molecule has 0 aromatic heterocycles. The molecule has 1 N–H and O–H groups in total. The second-order valence-corrected chi connectivity index (χ2v) is 4.77. The molecule has 15 heavy (non-hydrogen) atoms. The first-order valence-corrected chi connectivity index (χ1v) is 5.97. The first kappa shape index (κ1) is 12.1. The van der Waals surface area contributed by atoms with Crippen LogP contribution in [0.1, 0.15) is 13.3 Å². The van der Waals surface area contributed by atoms with E-state index in [0.717, 1.165) is 12.2 Å². The first-order chi connectivity index (χ1) is 7.20. The fourth-order valence-corrected chi connectivity index (χ4v) is 2.22. The molecule has 1 unspecified atom stereocenters. The van der Waals surface area contributed by atoms with Crippen LogP contribution in [0.2, 0.25) is 0 Å². The highest BCUT2D eigenvalue weighted by molar-refractivity contribution is 7.99. The van der Waals surface area contributed by atoms with Gasteiger partial charge in [-0.1, -0.05) is 18.2 Å². The van der Waals surface area contributed by atoms with E-state index in [1.165, 1.54) is 4.90 Å².